The van der Waals surface area contributed by atoms with E-state index < -0.39 is 12.3 Å². The van der Waals surface area contributed by atoms with Crippen molar-refractivity contribution in [1.82, 2.24) is 9.97 Å². The lowest BCUT2D eigenvalue weighted by Gasteiger charge is -2.10. The summed E-state index contributed by atoms with van der Waals surface area (Å²) in [6.45, 7) is 0.264. The first-order valence-electron chi connectivity index (χ1n) is 9.52. The Bertz CT molecular complexity index is 1230. The van der Waals surface area contributed by atoms with Gasteiger partial charge < -0.3 is 19.6 Å². The topological polar surface area (TPSA) is 84.4 Å². The van der Waals surface area contributed by atoms with Gasteiger partial charge in [0.25, 0.3) is 0 Å². The molecule has 0 amide bonds. The molecule has 6 nitrogen and oxygen atoms in total. The molecule has 0 radical (unpaired) electrons. The minimum atomic E-state index is -4.73. The molecule has 0 saturated heterocycles. The second-order valence-corrected chi connectivity index (χ2v) is 7.00. The number of nitrogens with zero attached hydrogens (tertiary/aromatic N) is 1. The lowest BCUT2D eigenvalue weighted by molar-refractivity contribution is -0.274. The van der Waals surface area contributed by atoms with Crippen molar-refractivity contribution in [2.45, 2.75) is 19.4 Å². The number of pyridine rings is 1. The van der Waals surface area contributed by atoms with Crippen molar-refractivity contribution in [2.24, 2.45) is 0 Å². The molecule has 9 heteroatoms. The Morgan fingerprint density at radius 1 is 1.03 bits per heavy atom. The fourth-order valence-electron chi connectivity index (χ4n) is 3.24. The predicted molar refractivity (Wildman–Crippen MR) is 110 cm³/mol. The fraction of sp³-hybridized carbons (Fsp3) is 0.130. The van der Waals surface area contributed by atoms with Gasteiger partial charge in [0, 0.05) is 40.5 Å². The number of carboxylic acids is 1. The van der Waals surface area contributed by atoms with Crippen LogP contribution in [0.4, 0.5) is 13.2 Å². The number of H-pyrrole nitrogens is 1. The van der Waals surface area contributed by atoms with Gasteiger partial charge in [-0.25, -0.2) is 0 Å². The molecule has 2 heterocycles. The van der Waals surface area contributed by atoms with Crippen molar-refractivity contribution in [1.29, 1.82) is 0 Å². The zero-order chi connectivity index (χ0) is 22.7. The smallest absolute Gasteiger partial charge is 0.489 e. The summed E-state index contributed by atoms with van der Waals surface area (Å²) in [5.74, 6) is -0.571. The lowest BCUT2D eigenvalue weighted by Crippen LogP contribution is -2.16. The van der Waals surface area contributed by atoms with Gasteiger partial charge in [-0.05, 0) is 48.0 Å². The third-order valence-corrected chi connectivity index (χ3v) is 4.69. The molecule has 0 atom stereocenters. The maximum atomic E-state index is 12.3. The van der Waals surface area contributed by atoms with Crippen LogP contribution in [0.15, 0.2) is 67.0 Å². The van der Waals surface area contributed by atoms with Gasteiger partial charge in [0.15, 0.2) is 0 Å². The summed E-state index contributed by atoms with van der Waals surface area (Å²) in [4.78, 5) is 18.3. The number of nitrogens with one attached hydrogen (secondary N) is 1. The third kappa shape index (κ3) is 5.18. The highest BCUT2D eigenvalue weighted by Crippen LogP contribution is 2.27. The summed E-state index contributed by atoms with van der Waals surface area (Å²) in [6.07, 6.45) is -1.48. The summed E-state index contributed by atoms with van der Waals surface area (Å²) < 4.78 is 46.4. The number of hydrogen-bond donors (Lipinski definition) is 2. The first-order chi connectivity index (χ1) is 15.3. The standard InChI is InChI=1S/C23H17F3N2O4/c24-23(25,26)32-17-4-2-15(3-5-17)20-8-1-14(11-27-20)13-31-18-6-7-19-16(9-22(29)30)12-28-21(19)10-18/h1-8,10-12,28H,9,13H2,(H,29,30). The van der Waals surface area contributed by atoms with Crippen molar-refractivity contribution in [2.75, 3.05) is 0 Å². The number of alkyl halides is 3. The Morgan fingerprint density at radius 3 is 2.44 bits per heavy atom. The van der Waals surface area contributed by atoms with Crippen LogP contribution in [0, 0.1) is 0 Å². The second-order valence-electron chi connectivity index (χ2n) is 7.00. The molecular formula is C23H17F3N2O4. The van der Waals surface area contributed by atoms with Crippen LogP contribution in [0.5, 0.6) is 11.5 Å². The molecule has 4 aromatic rings. The van der Waals surface area contributed by atoms with Gasteiger partial charge in [-0.3, -0.25) is 9.78 Å². The van der Waals surface area contributed by atoms with Gasteiger partial charge in [0.05, 0.1) is 12.1 Å². The quantitative estimate of drug-likeness (QED) is 0.404. The lowest BCUT2D eigenvalue weighted by atomic mass is 10.1. The van der Waals surface area contributed by atoms with Crippen LogP contribution in [0.25, 0.3) is 22.2 Å². The number of aromatic nitrogens is 2. The van der Waals surface area contributed by atoms with E-state index in [0.29, 0.717) is 22.6 Å². The Balaban J connectivity index is 1.39. The number of carbonyl (C=O) groups is 1. The van der Waals surface area contributed by atoms with Crippen LogP contribution in [0.1, 0.15) is 11.1 Å². The highest BCUT2D eigenvalue weighted by Gasteiger charge is 2.30. The zero-order valence-corrected chi connectivity index (χ0v) is 16.5. The Hall–Kier alpha value is -4.01. The van der Waals surface area contributed by atoms with Crippen molar-refractivity contribution in [3.05, 3.63) is 78.1 Å². The number of benzene rings is 2. The molecule has 2 aromatic carbocycles. The largest absolute Gasteiger partial charge is 0.573 e. The van der Waals surface area contributed by atoms with Crippen LogP contribution in [-0.4, -0.2) is 27.4 Å². The van der Waals surface area contributed by atoms with E-state index in [1.165, 1.54) is 24.3 Å². The van der Waals surface area contributed by atoms with E-state index in [-0.39, 0.29) is 18.8 Å². The number of rotatable bonds is 7. The normalized spacial score (nSPS) is 11.5. The number of halogens is 3. The van der Waals surface area contributed by atoms with Gasteiger partial charge in [-0.2, -0.15) is 0 Å². The van der Waals surface area contributed by atoms with E-state index in [0.717, 1.165) is 16.5 Å². The molecule has 4 rings (SSSR count). The Kier molecular flexibility index (Phi) is 5.72. The SMILES string of the molecule is O=C(O)Cc1c[nH]c2cc(OCc3ccc(-c4ccc(OC(F)(F)F)cc4)nc3)ccc12. The van der Waals surface area contributed by atoms with E-state index in [1.807, 2.05) is 12.1 Å². The zero-order valence-electron chi connectivity index (χ0n) is 16.5. The van der Waals surface area contributed by atoms with Gasteiger partial charge in [-0.15, -0.1) is 13.2 Å². The molecular weight excluding hydrogens is 425 g/mol. The van der Waals surface area contributed by atoms with Crippen LogP contribution in [0.3, 0.4) is 0 Å². The number of hydrogen-bond acceptors (Lipinski definition) is 4. The van der Waals surface area contributed by atoms with E-state index in [4.69, 9.17) is 9.84 Å². The fourth-order valence-corrected chi connectivity index (χ4v) is 3.24. The molecule has 0 aliphatic carbocycles. The minimum Gasteiger partial charge on any atom is -0.489 e. The summed E-state index contributed by atoms with van der Waals surface area (Å²) in [5.41, 5.74) is 3.55. The molecule has 0 aliphatic heterocycles. The second kappa shape index (κ2) is 8.62. The van der Waals surface area contributed by atoms with E-state index in [1.54, 1.807) is 30.6 Å². The average Bonchev–Trinajstić information content (AvgIpc) is 3.13. The highest BCUT2D eigenvalue weighted by molar-refractivity contribution is 5.87. The van der Waals surface area contributed by atoms with E-state index in [2.05, 4.69) is 14.7 Å². The average molecular weight is 442 g/mol. The molecule has 0 bridgehead atoms. The molecule has 0 fully saturated rings. The first-order valence-corrected chi connectivity index (χ1v) is 9.52. The van der Waals surface area contributed by atoms with Crippen LogP contribution in [-0.2, 0) is 17.8 Å². The molecule has 32 heavy (non-hydrogen) atoms. The molecule has 2 aromatic heterocycles. The van der Waals surface area contributed by atoms with Crippen LogP contribution >= 0.6 is 0 Å². The maximum Gasteiger partial charge on any atom is 0.573 e. The molecule has 0 aliphatic rings. The van der Waals surface area contributed by atoms with Gasteiger partial charge in [-0.1, -0.05) is 6.07 Å². The van der Waals surface area contributed by atoms with Crippen LogP contribution in [0.2, 0.25) is 0 Å². The monoisotopic (exact) mass is 442 g/mol. The van der Waals surface area contributed by atoms with Crippen molar-refractivity contribution in [3.63, 3.8) is 0 Å². The van der Waals surface area contributed by atoms with Gasteiger partial charge >= 0.3 is 12.3 Å². The number of ether oxygens (including phenoxy) is 2. The van der Waals surface area contributed by atoms with E-state index in [9.17, 15) is 18.0 Å². The van der Waals surface area contributed by atoms with Crippen molar-refractivity contribution < 1.29 is 32.5 Å². The van der Waals surface area contributed by atoms with Gasteiger partial charge in [0.1, 0.15) is 18.1 Å². The molecule has 0 spiro atoms. The summed E-state index contributed by atoms with van der Waals surface area (Å²) >= 11 is 0. The molecule has 0 saturated carbocycles. The summed E-state index contributed by atoms with van der Waals surface area (Å²) in [6, 6.07) is 14.4. The molecule has 164 valence electrons. The van der Waals surface area contributed by atoms with Crippen molar-refractivity contribution in [3.8, 4) is 22.8 Å². The first kappa shape index (κ1) is 21.2. The number of aromatic amines is 1. The van der Waals surface area contributed by atoms with Crippen LogP contribution < -0.4 is 9.47 Å². The number of aliphatic carboxylic acids is 1. The Morgan fingerprint density at radius 2 is 1.78 bits per heavy atom. The highest BCUT2D eigenvalue weighted by atomic mass is 19.4. The minimum absolute atomic E-state index is 0.0592. The Labute approximate surface area is 180 Å². The third-order valence-electron chi connectivity index (χ3n) is 4.69. The van der Waals surface area contributed by atoms with Crippen molar-refractivity contribution >= 4 is 16.9 Å². The van der Waals surface area contributed by atoms with E-state index >= 15 is 0 Å². The van der Waals surface area contributed by atoms with Gasteiger partial charge in [0.2, 0.25) is 0 Å². The summed E-state index contributed by atoms with van der Waals surface area (Å²) in [5, 5.41) is 9.79. The summed E-state index contributed by atoms with van der Waals surface area (Å²) in [7, 11) is 0. The number of carboxylic acid groups (broad SMARTS) is 1. The molecule has 2 N–H and O–H groups in total. The number of fused-ring (bicyclic) bond motifs is 1. The predicted octanol–water partition coefficient (Wildman–Crippen LogP) is 5.33. The maximum absolute atomic E-state index is 12.3. The molecule has 0 unspecified atom stereocenters.